The summed E-state index contributed by atoms with van der Waals surface area (Å²) in [5.74, 6) is 3.21. The van der Waals surface area contributed by atoms with Crippen LogP contribution in [0.3, 0.4) is 0 Å². The fourth-order valence-electron chi connectivity index (χ4n) is 2.86. The summed E-state index contributed by atoms with van der Waals surface area (Å²) >= 11 is 1.74. The fourth-order valence-corrected chi connectivity index (χ4v) is 3.81. The highest BCUT2D eigenvalue weighted by molar-refractivity contribution is 7.99. The number of thioether (sulfide) groups is 1. The number of aryl methyl sites for hydroxylation is 2. The van der Waals surface area contributed by atoms with Crippen molar-refractivity contribution < 1.29 is 4.74 Å². The lowest BCUT2D eigenvalue weighted by molar-refractivity contribution is 0.284. The molecule has 0 spiro atoms. The number of rotatable bonds is 10. The Bertz CT molecular complexity index is 847. The van der Waals surface area contributed by atoms with E-state index in [4.69, 9.17) is 4.74 Å². The second-order valence-electron chi connectivity index (χ2n) is 7.14. The number of nitrogens with zero attached hydrogens (tertiary/aromatic N) is 4. The first kappa shape index (κ1) is 20.4. The Kier molecular flexibility index (Phi) is 7.48. The van der Waals surface area contributed by atoms with Gasteiger partial charge in [-0.2, -0.15) is 0 Å². The van der Waals surface area contributed by atoms with Crippen LogP contribution in [-0.4, -0.2) is 25.5 Å². The summed E-state index contributed by atoms with van der Waals surface area (Å²) in [5, 5.41) is 9.79. The van der Waals surface area contributed by atoms with Gasteiger partial charge in [0.1, 0.15) is 12.4 Å². The van der Waals surface area contributed by atoms with E-state index in [0.717, 1.165) is 41.9 Å². The van der Waals surface area contributed by atoms with Gasteiger partial charge in [-0.25, -0.2) is 0 Å². The van der Waals surface area contributed by atoms with Crippen molar-refractivity contribution >= 4 is 11.8 Å². The maximum absolute atomic E-state index is 5.96. The first-order chi connectivity index (χ1) is 13.7. The van der Waals surface area contributed by atoms with Gasteiger partial charge in [0.2, 0.25) is 0 Å². The minimum Gasteiger partial charge on any atom is -0.486 e. The van der Waals surface area contributed by atoms with E-state index in [0.29, 0.717) is 12.5 Å². The lowest BCUT2D eigenvalue weighted by atomic mass is 10.2. The van der Waals surface area contributed by atoms with Gasteiger partial charge in [-0.05, 0) is 54.2 Å². The average molecular weight is 397 g/mol. The number of aromatic nitrogens is 4. The molecule has 0 fully saturated rings. The summed E-state index contributed by atoms with van der Waals surface area (Å²) in [6.07, 6.45) is 5.69. The van der Waals surface area contributed by atoms with Crippen LogP contribution in [0.2, 0.25) is 0 Å². The first-order valence-corrected chi connectivity index (χ1v) is 10.8. The van der Waals surface area contributed by atoms with Crippen molar-refractivity contribution in [3.05, 3.63) is 65.7 Å². The Hall–Kier alpha value is -2.34. The van der Waals surface area contributed by atoms with E-state index in [1.54, 1.807) is 11.8 Å². The van der Waals surface area contributed by atoms with Crippen LogP contribution in [0.4, 0.5) is 0 Å². The largest absolute Gasteiger partial charge is 0.486 e. The van der Waals surface area contributed by atoms with E-state index in [9.17, 15) is 0 Å². The van der Waals surface area contributed by atoms with Crippen molar-refractivity contribution in [3.8, 4) is 5.75 Å². The van der Waals surface area contributed by atoms with Crippen LogP contribution in [0.15, 0.2) is 53.9 Å². The van der Waals surface area contributed by atoms with Gasteiger partial charge in [0.15, 0.2) is 11.0 Å². The topological polar surface area (TPSA) is 52.8 Å². The summed E-state index contributed by atoms with van der Waals surface area (Å²) < 4.78 is 8.16. The summed E-state index contributed by atoms with van der Waals surface area (Å²) in [6, 6.07) is 12.4. The van der Waals surface area contributed by atoms with Gasteiger partial charge >= 0.3 is 0 Å². The van der Waals surface area contributed by atoms with Crippen molar-refractivity contribution in [1.29, 1.82) is 0 Å². The summed E-state index contributed by atoms with van der Waals surface area (Å²) in [7, 11) is 0. The van der Waals surface area contributed by atoms with E-state index >= 15 is 0 Å². The van der Waals surface area contributed by atoms with Gasteiger partial charge in [-0.3, -0.25) is 4.98 Å². The molecule has 0 saturated heterocycles. The molecule has 6 heteroatoms. The molecular weight excluding hydrogens is 368 g/mol. The molecule has 148 valence electrons. The van der Waals surface area contributed by atoms with E-state index in [1.807, 2.05) is 24.5 Å². The Labute approximate surface area is 171 Å². The molecule has 0 atom stereocenters. The molecule has 3 aromatic rings. The summed E-state index contributed by atoms with van der Waals surface area (Å²) in [6.45, 7) is 7.88. The average Bonchev–Trinajstić information content (AvgIpc) is 3.08. The van der Waals surface area contributed by atoms with Crippen molar-refractivity contribution in [3.63, 3.8) is 0 Å². The molecule has 2 aromatic heterocycles. The summed E-state index contributed by atoms with van der Waals surface area (Å²) in [5.41, 5.74) is 2.60. The predicted octanol–water partition coefficient (Wildman–Crippen LogP) is 4.81. The molecule has 0 aliphatic rings. The SMILES string of the molecule is CCc1ccc(OCc2nnc(SCCc3ccncc3)n2CC(C)C)cc1. The minimum absolute atomic E-state index is 0.427. The second kappa shape index (κ2) is 10.3. The van der Waals surface area contributed by atoms with Gasteiger partial charge in [0.25, 0.3) is 0 Å². The zero-order valence-electron chi connectivity index (χ0n) is 16.8. The highest BCUT2D eigenvalue weighted by atomic mass is 32.2. The Morgan fingerprint density at radius 3 is 2.43 bits per heavy atom. The smallest absolute Gasteiger partial charge is 0.191 e. The second-order valence-corrected chi connectivity index (χ2v) is 8.21. The number of pyridine rings is 1. The molecule has 3 rings (SSSR count). The molecule has 0 radical (unpaired) electrons. The quantitative estimate of drug-likeness (QED) is 0.461. The molecule has 0 amide bonds. The van der Waals surface area contributed by atoms with Crippen molar-refractivity contribution in [1.82, 2.24) is 19.7 Å². The number of hydrogen-bond donors (Lipinski definition) is 0. The van der Waals surface area contributed by atoms with Crippen LogP contribution in [0.25, 0.3) is 0 Å². The monoisotopic (exact) mass is 396 g/mol. The van der Waals surface area contributed by atoms with Crippen LogP contribution in [-0.2, 0) is 26.0 Å². The number of hydrogen-bond acceptors (Lipinski definition) is 5. The van der Waals surface area contributed by atoms with Gasteiger partial charge in [0.05, 0.1) is 0 Å². The number of ether oxygens (including phenoxy) is 1. The van der Waals surface area contributed by atoms with E-state index in [2.05, 4.69) is 64.8 Å². The molecule has 0 unspecified atom stereocenters. The molecule has 2 heterocycles. The Balaban J connectivity index is 1.63. The molecule has 0 aliphatic carbocycles. The molecule has 0 bridgehead atoms. The Morgan fingerprint density at radius 2 is 1.75 bits per heavy atom. The normalized spacial score (nSPS) is 11.1. The Morgan fingerprint density at radius 1 is 1.00 bits per heavy atom. The maximum Gasteiger partial charge on any atom is 0.191 e. The molecule has 0 saturated carbocycles. The van der Waals surface area contributed by atoms with Gasteiger partial charge < -0.3 is 9.30 Å². The van der Waals surface area contributed by atoms with Crippen molar-refractivity contribution in [2.45, 2.75) is 51.9 Å². The highest BCUT2D eigenvalue weighted by Gasteiger charge is 2.14. The van der Waals surface area contributed by atoms with Crippen molar-refractivity contribution in [2.24, 2.45) is 5.92 Å². The van der Waals surface area contributed by atoms with Gasteiger partial charge in [0, 0.05) is 24.7 Å². The summed E-state index contributed by atoms with van der Waals surface area (Å²) in [4.78, 5) is 4.07. The van der Waals surface area contributed by atoms with E-state index in [1.165, 1.54) is 11.1 Å². The van der Waals surface area contributed by atoms with Crippen molar-refractivity contribution in [2.75, 3.05) is 5.75 Å². The lowest BCUT2D eigenvalue weighted by Gasteiger charge is -2.13. The fraction of sp³-hybridized carbons (Fsp3) is 0.409. The van der Waals surface area contributed by atoms with Gasteiger partial charge in [-0.1, -0.05) is 44.7 Å². The molecular formula is C22H28N4OS. The molecule has 1 aromatic carbocycles. The van der Waals surface area contributed by atoms with E-state index < -0.39 is 0 Å². The standard InChI is InChI=1S/C22H28N4OS/c1-4-18-5-7-20(8-6-18)27-16-21-24-25-22(26(21)15-17(2)3)28-14-11-19-9-12-23-13-10-19/h5-10,12-13,17H,4,11,14-16H2,1-3H3. The van der Waals surface area contributed by atoms with Crippen LogP contribution in [0.5, 0.6) is 5.75 Å². The molecule has 28 heavy (non-hydrogen) atoms. The first-order valence-electron chi connectivity index (χ1n) is 9.81. The lowest BCUT2D eigenvalue weighted by Crippen LogP contribution is -2.12. The third-order valence-corrected chi connectivity index (χ3v) is 5.38. The highest BCUT2D eigenvalue weighted by Crippen LogP contribution is 2.21. The third-order valence-electron chi connectivity index (χ3n) is 4.41. The van der Waals surface area contributed by atoms with Gasteiger partial charge in [-0.15, -0.1) is 10.2 Å². The van der Waals surface area contributed by atoms with Crippen LogP contribution >= 0.6 is 11.8 Å². The third kappa shape index (κ3) is 5.83. The van der Waals surface area contributed by atoms with Crippen LogP contribution in [0, 0.1) is 5.92 Å². The maximum atomic E-state index is 5.96. The predicted molar refractivity (Wildman–Crippen MR) is 114 cm³/mol. The van der Waals surface area contributed by atoms with Crippen LogP contribution < -0.4 is 4.74 Å². The molecule has 0 aliphatic heterocycles. The number of benzene rings is 1. The molecule has 0 N–H and O–H groups in total. The molecule has 5 nitrogen and oxygen atoms in total. The van der Waals surface area contributed by atoms with E-state index in [-0.39, 0.29) is 0 Å². The van der Waals surface area contributed by atoms with Crippen LogP contribution in [0.1, 0.15) is 37.7 Å². The minimum atomic E-state index is 0.427. The zero-order valence-corrected chi connectivity index (χ0v) is 17.7. The zero-order chi connectivity index (χ0) is 19.8.